The first-order valence-corrected chi connectivity index (χ1v) is 17.8. The van der Waals surface area contributed by atoms with Gasteiger partial charge in [-0.1, -0.05) is 39.8 Å². The number of alkyl carbamates (subject to hydrolysis) is 2. The van der Waals surface area contributed by atoms with Crippen molar-refractivity contribution in [2.75, 3.05) is 26.3 Å². The van der Waals surface area contributed by atoms with Crippen LogP contribution >= 0.6 is 0 Å². The number of carbonyl (C=O) groups excluding carboxylic acids is 4. The van der Waals surface area contributed by atoms with E-state index in [4.69, 9.17) is 23.7 Å². The highest BCUT2D eigenvalue weighted by Gasteiger charge is 2.47. The molecule has 0 aliphatic carbocycles. The molecular formula is C36H56FN3O9. The van der Waals surface area contributed by atoms with Gasteiger partial charge in [0.1, 0.15) is 24.6 Å². The highest BCUT2D eigenvalue weighted by molar-refractivity contribution is 5.84. The van der Waals surface area contributed by atoms with Crippen LogP contribution in [0.4, 0.5) is 14.0 Å². The standard InChI is InChI=1S/C36H56FN3O9/c1-6-45-33(42)31(20-25(4)5)40-32(41)14-13-28-21-30(47-35(44)39-19-16-26-9-11-27(37)12-10-26)22-36(48-28)17-7-8-29(49-36)23-46-34(43)38-18-15-24(2)3/h9-12,24-25,28-31H,6-8,13-23H2,1-5H3,(H,38,43)(H,39,44)(H,40,41)/t28?,29?,30?,31-,36?/m0/s1. The monoisotopic (exact) mass is 693 g/mol. The zero-order chi connectivity index (χ0) is 35.8. The zero-order valence-electron chi connectivity index (χ0n) is 29.7. The van der Waals surface area contributed by atoms with Crippen molar-refractivity contribution >= 4 is 24.1 Å². The van der Waals surface area contributed by atoms with Gasteiger partial charge in [0.05, 0.1) is 18.8 Å². The molecule has 3 amide bonds. The largest absolute Gasteiger partial charge is 0.464 e. The minimum absolute atomic E-state index is 0.0478. The predicted octanol–water partition coefficient (Wildman–Crippen LogP) is 5.55. The number of hydrogen-bond acceptors (Lipinski definition) is 9. The molecule has 1 spiro atoms. The second-order valence-corrected chi connectivity index (χ2v) is 13.8. The van der Waals surface area contributed by atoms with Crippen LogP contribution in [0.15, 0.2) is 24.3 Å². The van der Waals surface area contributed by atoms with Gasteiger partial charge in [-0.15, -0.1) is 0 Å². The van der Waals surface area contributed by atoms with Crippen molar-refractivity contribution in [2.24, 2.45) is 11.8 Å². The minimum Gasteiger partial charge on any atom is -0.464 e. The summed E-state index contributed by atoms with van der Waals surface area (Å²) in [6, 6.07) is 5.33. The highest BCUT2D eigenvalue weighted by atomic mass is 19.1. The van der Waals surface area contributed by atoms with Crippen LogP contribution in [-0.2, 0) is 39.7 Å². The van der Waals surface area contributed by atoms with Gasteiger partial charge in [0.15, 0.2) is 5.79 Å². The fraction of sp³-hybridized carbons (Fsp3) is 0.722. The van der Waals surface area contributed by atoms with Gasteiger partial charge >= 0.3 is 18.2 Å². The van der Waals surface area contributed by atoms with E-state index in [0.29, 0.717) is 57.5 Å². The van der Waals surface area contributed by atoms with Crippen LogP contribution in [0.1, 0.15) is 98.0 Å². The molecule has 2 fully saturated rings. The molecule has 1 aromatic rings. The van der Waals surface area contributed by atoms with Crippen LogP contribution in [0, 0.1) is 17.7 Å². The van der Waals surface area contributed by atoms with Gasteiger partial charge in [-0.3, -0.25) is 4.79 Å². The van der Waals surface area contributed by atoms with Crippen LogP contribution in [-0.4, -0.2) is 80.5 Å². The van der Waals surface area contributed by atoms with E-state index in [9.17, 15) is 23.6 Å². The lowest BCUT2D eigenvalue weighted by Gasteiger charge is -2.47. The molecular weight excluding hydrogens is 637 g/mol. The average Bonchev–Trinajstić information content (AvgIpc) is 3.03. The van der Waals surface area contributed by atoms with Crippen LogP contribution in [0.5, 0.6) is 0 Å². The fourth-order valence-corrected chi connectivity index (χ4v) is 6.09. The number of amides is 3. The lowest BCUT2D eigenvalue weighted by atomic mass is 9.90. The molecule has 12 nitrogen and oxygen atoms in total. The van der Waals surface area contributed by atoms with Gasteiger partial charge in [0.25, 0.3) is 0 Å². The van der Waals surface area contributed by atoms with Crippen molar-refractivity contribution in [1.29, 1.82) is 0 Å². The van der Waals surface area contributed by atoms with Crippen LogP contribution in [0.25, 0.3) is 0 Å². The Morgan fingerprint density at radius 2 is 1.67 bits per heavy atom. The van der Waals surface area contributed by atoms with Gasteiger partial charge in [-0.05, 0) is 75.0 Å². The fourth-order valence-electron chi connectivity index (χ4n) is 6.09. The molecule has 0 radical (unpaired) electrons. The molecule has 2 saturated heterocycles. The maximum atomic E-state index is 13.2. The number of hydrogen-bond donors (Lipinski definition) is 3. The number of ether oxygens (including phenoxy) is 5. The van der Waals surface area contributed by atoms with Gasteiger partial charge in [0, 0.05) is 38.8 Å². The second kappa shape index (κ2) is 20.3. The van der Waals surface area contributed by atoms with Gasteiger partial charge in [-0.2, -0.15) is 0 Å². The summed E-state index contributed by atoms with van der Waals surface area (Å²) in [6.07, 6.45) is 2.17. The Morgan fingerprint density at radius 1 is 0.959 bits per heavy atom. The molecule has 3 N–H and O–H groups in total. The Bertz CT molecular complexity index is 1200. The summed E-state index contributed by atoms with van der Waals surface area (Å²) >= 11 is 0. The number of esters is 1. The SMILES string of the molecule is CCOC(=O)[C@H](CC(C)C)NC(=O)CCC1CC(OC(=O)NCCc2ccc(F)cc2)CC2(CCCC(COC(=O)NCCC(C)C)O2)O1. The summed E-state index contributed by atoms with van der Waals surface area (Å²) in [5.74, 6) is -1.57. The number of rotatable bonds is 17. The lowest BCUT2D eigenvalue weighted by molar-refractivity contribution is -0.329. The molecule has 2 heterocycles. The smallest absolute Gasteiger partial charge is 0.407 e. The summed E-state index contributed by atoms with van der Waals surface area (Å²) in [6.45, 7) is 10.9. The molecule has 49 heavy (non-hydrogen) atoms. The van der Waals surface area contributed by atoms with Crippen molar-refractivity contribution < 1.29 is 47.3 Å². The Balaban J connectivity index is 1.62. The van der Waals surface area contributed by atoms with Crippen molar-refractivity contribution in [1.82, 2.24) is 16.0 Å². The molecule has 0 saturated carbocycles. The topological polar surface area (TPSA) is 151 Å². The lowest BCUT2D eigenvalue weighted by Crippen LogP contribution is -2.54. The van der Waals surface area contributed by atoms with E-state index < -0.39 is 48.3 Å². The molecule has 3 rings (SSSR count). The Morgan fingerprint density at radius 3 is 2.37 bits per heavy atom. The first-order chi connectivity index (χ1) is 23.4. The average molecular weight is 694 g/mol. The number of benzene rings is 1. The van der Waals surface area contributed by atoms with E-state index in [1.165, 1.54) is 12.1 Å². The van der Waals surface area contributed by atoms with E-state index >= 15 is 0 Å². The summed E-state index contributed by atoms with van der Waals surface area (Å²) < 4.78 is 42.6. The Kier molecular flexibility index (Phi) is 16.5. The van der Waals surface area contributed by atoms with Gasteiger partial charge in [-0.25, -0.2) is 18.8 Å². The first-order valence-electron chi connectivity index (χ1n) is 17.8. The Hall–Kier alpha value is -3.45. The normalized spacial score (nSPS) is 22.7. The first kappa shape index (κ1) is 40.0. The zero-order valence-corrected chi connectivity index (χ0v) is 29.7. The third kappa shape index (κ3) is 14.9. The predicted molar refractivity (Wildman–Crippen MR) is 180 cm³/mol. The molecule has 4 unspecified atom stereocenters. The number of nitrogens with one attached hydrogen (secondary N) is 3. The highest BCUT2D eigenvalue weighted by Crippen LogP contribution is 2.41. The molecule has 1 aromatic carbocycles. The molecule has 2 aliphatic heterocycles. The summed E-state index contributed by atoms with van der Waals surface area (Å²) in [7, 11) is 0. The third-order valence-corrected chi connectivity index (χ3v) is 8.48. The molecule has 5 atom stereocenters. The van der Waals surface area contributed by atoms with Crippen LogP contribution in [0.3, 0.4) is 0 Å². The Labute approximate surface area is 289 Å². The third-order valence-electron chi connectivity index (χ3n) is 8.48. The summed E-state index contributed by atoms with van der Waals surface area (Å²) in [4.78, 5) is 50.6. The van der Waals surface area contributed by atoms with Crippen LogP contribution in [0.2, 0.25) is 0 Å². The van der Waals surface area contributed by atoms with Crippen LogP contribution < -0.4 is 16.0 Å². The molecule has 0 bridgehead atoms. The van der Waals surface area contributed by atoms with Crippen molar-refractivity contribution in [3.8, 4) is 0 Å². The number of halogens is 1. The van der Waals surface area contributed by atoms with E-state index in [-0.39, 0.29) is 43.7 Å². The van der Waals surface area contributed by atoms with Crippen molar-refractivity contribution in [3.63, 3.8) is 0 Å². The molecule has 276 valence electrons. The summed E-state index contributed by atoms with van der Waals surface area (Å²) in [5, 5.41) is 8.33. The second-order valence-electron chi connectivity index (χ2n) is 13.8. The summed E-state index contributed by atoms with van der Waals surface area (Å²) in [5.41, 5.74) is 0.876. The van der Waals surface area contributed by atoms with E-state index in [0.717, 1.165) is 18.4 Å². The van der Waals surface area contributed by atoms with E-state index in [2.05, 4.69) is 29.8 Å². The molecule has 2 aliphatic rings. The van der Waals surface area contributed by atoms with Gasteiger partial charge in [0.2, 0.25) is 5.91 Å². The molecule has 0 aromatic heterocycles. The minimum atomic E-state index is -1.09. The van der Waals surface area contributed by atoms with Crippen molar-refractivity contribution in [2.45, 2.75) is 129 Å². The van der Waals surface area contributed by atoms with Gasteiger partial charge < -0.3 is 39.6 Å². The van der Waals surface area contributed by atoms with Crippen molar-refractivity contribution in [3.05, 3.63) is 35.6 Å². The quantitative estimate of drug-likeness (QED) is 0.141. The molecule has 13 heteroatoms. The maximum Gasteiger partial charge on any atom is 0.407 e. The maximum absolute atomic E-state index is 13.2. The van der Waals surface area contributed by atoms with E-state index in [1.807, 2.05) is 13.8 Å². The number of carbonyl (C=O) groups is 4. The van der Waals surface area contributed by atoms with E-state index in [1.54, 1.807) is 19.1 Å².